The molecule has 2 saturated heterocycles. The summed E-state index contributed by atoms with van der Waals surface area (Å²) < 4.78 is 5.26. The lowest BCUT2D eigenvalue weighted by atomic mass is 10.1. The summed E-state index contributed by atoms with van der Waals surface area (Å²) in [7, 11) is 0. The second-order valence-electron chi connectivity index (χ2n) is 5.48. The minimum atomic E-state index is 0.233. The lowest BCUT2D eigenvalue weighted by molar-refractivity contribution is -0.0914. The summed E-state index contributed by atoms with van der Waals surface area (Å²) in [5.74, 6) is 0. The quantitative estimate of drug-likeness (QED) is 0.860. The van der Waals surface area contributed by atoms with E-state index in [2.05, 4.69) is 34.1 Å². The van der Waals surface area contributed by atoms with E-state index in [0.29, 0.717) is 6.04 Å². The molecule has 0 aromatic heterocycles. The van der Waals surface area contributed by atoms with Crippen LogP contribution in [0.1, 0.15) is 5.56 Å². The van der Waals surface area contributed by atoms with Gasteiger partial charge in [0.1, 0.15) is 0 Å². The van der Waals surface area contributed by atoms with Crippen LogP contribution in [0.15, 0.2) is 30.3 Å². The number of piperazine rings is 1. The van der Waals surface area contributed by atoms with Crippen molar-refractivity contribution in [1.29, 1.82) is 0 Å². The first-order chi connectivity index (χ1) is 9.36. The third-order valence-corrected chi connectivity index (χ3v) is 4.21. The highest BCUT2D eigenvalue weighted by atomic mass is 16.5. The maximum absolute atomic E-state index is 9.63. The Morgan fingerprint density at radius 1 is 1.16 bits per heavy atom. The summed E-state index contributed by atoms with van der Waals surface area (Å²) in [5, 5.41) is 9.63. The molecule has 0 spiro atoms. The van der Waals surface area contributed by atoms with Gasteiger partial charge in [-0.1, -0.05) is 30.3 Å². The van der Waals surface area contributed by atoms with E-state index < -0.39 is 0 Å². The van der Waals surface area contributed by atoms with Gasteiger partial charge >= 0.3 is 0 Å². The minimum absolute atomic E-state index is 0.233. The molecule has 1 N–H and O–H groups in total. The fourth-order valence-corrected chi connectivity index (χ4v) is 2.88. The van der Waals surface area contributed by atoms with Gasteiger partial charge in [-0.15, -0.1) is 0 Å². The van der Waals surface area contributed by atoms with Crippen LogP contribution in [0.3, 0.4) is 0 Å². The SMILES string of the molecule is OCC1CN(C2COC2)CCN1Cc1ccccc1. The smallest absolute Gasteiger partial charge is 0.0645 e. The number of aliphatic hydroxyl groups excluding tert-OH is 1. The van der Waals surface area contributed by atoms with Gasteiger partial charge in [-0.05, 0) is 5.56 Å². The number of ether oxygens (including phenoxy) is 1. The Kier molecular flexibility index (Phi) is 4.13. The van der Waals surface area contributed by atoms with Gasteiger partial charge in [0.15, 0.2) is 0 Å². The molecule has 104 valence electrons. The average molecular weight is 262 g/mol. The third kappa shape index (κ3) is 2.98. The molecule has 0 bridgehead atoms. The highest BCUT2D eigenvalue weighted by molar-refractivity contribution is 5.14. The van der Waals surface area contributed by atoms with E-state index in [1.54, 1.807) is 0 Å². The van der Waals surface area contributed by atoms with Crippen molar-refractivity contribution in [3.05, 3.63) is 35.9 Å². The first kappa shape index (κ1) is 13.1. The van der Waals surface area contributed by atoms with Crippen LogP contribution in [-0.2, 0) is 11.3 Å². The first-order valence-corrected chi connectivity index (χ1v) is 7.07. The molecule has 0 amide bonds. The van der Waals surface area contributed by atoms with E-state index in [4.69, 9.17) is 4.74 Å². The molecule has 0 radical (unpaired) electrons. The molecule has 2 aliphatic heterocycles. The summed E-state index contributed by atoms with van der Waals surface area (Å²) in [5.41, 5.74) is 1.32. The molecule has 0 saturated carbocycles. The van der Waals surface area contributed by atoms with Crippen molar-refractivity contribution in [1.82, 2.24) is 9.80 Å². The Hall–Kier alpha value is -0.940. The molecule has 2 aliphatic rings. The number of hydrogen-bond acceptors (Lipinski definition) is 4. The van der Waals surface area contributed by atoms with Crippen molar-refractivity contribution >= 4 is 0 Å². The second-order valence-corrected chi connectivity index (χ2v) is 5.48. The van der Waals surface area contributed by atoms with Gasteiger partial charge < -0.3 is 9.84 Å². The number of benzene rings is 1. The molecule has 1 aromatic rings. The molecule has 1 unspecified atom stereocenters. The predicted octanol–water partition coefficient (Wildman–Crippen LogP) is 0.564. The average Bonchev–Trinajstić information content (AvgIpc) is 2.39. The zero-order chi connectivity index (χ0) is 13.1. The van der Waals surface area contributed by atoms with Crippen LogP contribution >= 0.6 is 0 Å². The van der Waals surface area contributed by atoms with Gasteiger partial charge in [-0.2, -0.15) is 0 Å². The lowest BCUT2D eigenvalue weighted by Gasteiger charge is -2.46. The molecule has 4 nitrogen and oxygen atoms in total. The Morgan fingerprint density at radius 2 is 1.95 bits per heavy atom. The van der Waals surface area contributed by atoms with Gasteiger partial charge in [0, 0.05) is 32.2 Å². The summed E-state index contributed by atoms with van der Waals surface area (Å²) in [6, 6.07) is 11.3. The van der Waals surface area contributed by atoms with Crippen molar-refractivity contribution in [3.8, 4) is 0 Å². The lowest BCUT2D eigenvalue weighted by Crippen LogP contribution is -2.60. The van der Waals surface area contributed by atoms with Gasteiger partial charge in [-0.3, -0.25) is 9.80 Å². The number of aliphatic hydroxyl groups is 1. The van der Waals surface area contributed by atoms with Crippen LogP contribution < -0.4 is 0 Å². The van der Waals surface area contributed by atoms with E-state index >= 15 is 0 Å². The van der Waals surface area contributed by atoms with E-state index in [1.807, 2.05) is 6.07 Å². The maximum atomic E-state index is 9.63. The van der Waals surface area contributed by atoms with E-state index in [1.165, 1.54) is 5.56 Å². The van der Waals surface area contributed by atoms with Gasteiger partial charge in [-0.25, -0.2) is 0 Å². The molecule has 0 aliphatic carbocycles. The van der Waals surface area contributed by atoms with Crippen LogP contribution in [0.25, 0.3) is 0 Å². The van der Waals surface area contributed by atoms with Crippen LogP contribution in [-0.4, -0.2) is 66.4 Å². The Morgan fingerprint density at radius 3 is 2.58 bits per heavy atom. The molecule has 3 rings (SSSR count). The fraction of sp³-hybridized carbons (Fsp3) is 0.600. The summed E-state index contributed by atoms with van der Waals surface area (Å²) >= 11 is 0. The standard InChI is InChI=1S/C15H22N2O2/c18-10-14-9-17(15-11-19-12-15)7-6-16(14)8-13-4-2-1-3-5-13/h1-5,14-15,18H,6-12H2. The van der Waals surface area contributed by atoms with Crippen molar-refractivity contribution in [2.24, 2.45) is 0 Å². The highest BCUT2D eigenvalue weighted by Crippen LogP contribution is 2.18. The number of nitrogens with zero attached hydrogens (tertiary/aromatic N) is 2. The summed E-state index contributed by atoms with van der Waals surface area (Å²) in [6.07, 6.45) is 0. The Bertz CT molecular complexity index is 394. The minimum Gasteiger partial charge on any atom is -0.395 e. The fourth-order valence-electron chi connectivity index (χ4n) is 2.88. The van der Waals surface area contributed by atoms with Crippen LogP contribution in [0, 0.1) is 0 Å². The van der Waals surface area contributed by atoms with Gasteiger partial charge in [0.2, 0.25) is 0 Å². The number of hydrogen-bond donors (Lipinski definition) is 1. The van der Waals surface area contributed by atoms with E-state index in [0.717, 1.165) is 39.4 Å². The van der Waals surface area contributed by atoms with Crippen LogP contribution in [0.4, 0.5) is 0 Å². The molecule has 1 aromatic carbocycles. The molecular weight excluding hydrogens is 240 g/mol. The zero-order valence-corrected chi connectivity index (χ0v) is 11.2. The first-order valence-electron chi connectivity index (χ1n) is 7.07. The molecule has 19 heavy (non-hydrogen) atoms. The molecular formula is C15H22N2O2. The Labute approximate surface area is 114 Å². The van der Waals surface area contributed by atoms with Crippen molar-refractivity contribution in [2.45, 2.75) is 18.6 Å². The van der Waals surface area contributed by atoms with Gasteiger partial charge in [0.05, 0.1) is 25.9 Å². The topological polar surface area (TPSA) is 35.9 Å². The predicted molar refractivity (Wildman–Crippen MR) is 73.9 cm³/mol. The van der Waals surface area contributed by atoms with E-state index in [9.17, 15) is 5.11 Å². The number of rotatable bonds is 4. The van der Waals surface area contributed by atoms with Crippen molar-refractivity contribution in [2.75, 3.05) is 39.5 Å². The molecule has 2 fully saturated rings. The maximum Gasteiger partial charge on any atom is 0.0645 e. The largest absolute Gasteiger partial charge is 0.395 e. The highest BCUT2D eigenvalue weighted by Gasteiger charge is 2.33. The molecule has 1 atom stereocenters. The monoisotopic (exact) mass is 262 g/mol. The van der Waals surface area contributed by atoms with Crippen LogP contribution in [0.2, 0.25) is 0 Å². The summed E-state index contributed by atoms with van der Waals surface area (Å²) in [6.45, 7) is 5.94. The van der Waals surface area contributed by atoms with Crippen molar-refractivity contribution in [3.63, 3.8) is 0 Å². The Balaban J connectivity index is 1.59. The van der Waals surface area contributed by atoms with E-state index in [-0.39, 0.29) is 12.6 Å². The molecule has 2 heterocycles. The van der Waals surface area contributed by atoms with Gasteiger partial charge in [0.25, 0.3) is 0 Å². The third-order valence-electron chi connectivity index (χ3n) is 4.21. The summed E-state index contributed by atoms with van der Waals surface area (Å²) in [4.78, 5) is 4.86. The zero-order valence-electron chi connectivity index (χ0n) is 11.2. The normalized spacial score (nSPS) is 26.3. The van der Waals surface area contributed by atoms with Crippen molar-refractivity contribution < 1.29 is 9.84 Å². The second kappa shape index (κ2) is 6.01. The van der Waals surface area contributed by atoms with Crippen LogP contribution in [0.5, 0.6) is 0 Å². The molecule has 4 heteroatoms.